The summed E-state index contributed by atoms with van der Waals surface area (Å²) in [5, 5.41) is 0. The number of hydrogen-bond donors (Lipinski definition) is 0. The topological polar surface area (TPSA) is 13.1 Å². The molecule has 1 aromatic heterocycles. The van der Waals surface area contributed by atoms with Crippen LogP contribution in [0.5, 0.6) is 0 Å². The van der Waals surface area contributed by atoms with Gasteiger partial charge in [-0.2, -0.15) is 0 Å². The van der Waals surface area contributed by atoms with Crippen molar-refractivity contribution >= 4 is 0 Å². The molecule has 0 unspecified atom stereocenters. The summed E-state index contributed by atoms with van der Waals surface area (Å²) in [6.07, 6.45) is 1.46. The maximum absolute atomic E-state index is 13.0. The average molecular weight is 155 g/mol. The molecule has 0 aliphatic heterocycles. The number of halogens is 1. The molecule has 1 rings (SSSR count). The molecule has 0 amide bonds. The molecule has 61 valence electrons. The van der Waals surface area contributed by atoms with Crippen molar-refractivity contribution in [3.63, 3.8) is 0 Å². The van der Waals surface area contributed by atoms with E-state index < -0.39 is 5.67 Å². The summed E-state index contributed by atoms with van der Waals surface area (Å²) in [5.74, 6) is 1.40. The zero-order valence-corrected chi connectivity index (χ0v) is 7.02. The first-order valence-corrected chi connectivity index (χ1v) is 3.59. The molecule has 0 saturated carbocycles. The Labute approximate surface area is 66.2 Å². The van der Waals surface area contributed by atoms with Gasteiger partial charge in [-0.15, -0.1) is 0 Å². The second-order valence-electron chi connectivity index (χ2n) is 3.16. The Hall–Kier alpha value is -0.790. The lowest BCUT2D eigenvalue weighted by molar-refractivity contribution is 0.259. The second kappa shape index (κ2) is 2.68. The Morgan fingerprint density at radius 1 is 1.45 bits per heavy atom. The normalized spacial score (nSPS) is 12.0. The standard InChI is InChI=1S/C9H12FO/c1-7-4-5-8(11-7)6-9(2,3)10/h4-6H,1-3H3. The van der Waals surface area contributed by atoms with Crippen molar-refractivity contribution in [2.75, 3.05) is 0 Å². The number of aryl methyl sites for hydroxylation is 1. The Morgan fingerprint density at radius 3 is 2.45 bits per heavy atom. The third-order valence-electron chi connectivity index (χ3n) is 1.25. The monoisotopic (exact) mass is 155 g/mol. The van der Waals surface area contributed by atoms with Crippen LogP contribution in [0.4, 0.5) is 4.39 Å². The molecule has 11 heavy (non-hydrogen) atoms. The molecule has 0 spiro atoms. The molecule has 0 aromatic carbocycles. The van der Waals surface area contributed by atoms with E-state index in [4.69, 9.17) is 4.42 Å². The summed E-state index contributed by atoms with van der Waals surface area (Å²) in [5.41, 5.74) is -1.30. The predicted octanol–water partition coefficient (Wildman–Crippen LogP) is 2.89. The number of alkyl halides is 1. The first-order chi connectivity index (χ1) is 4.97. The van der Waals surface area contributed by atoms with Gasteiger partial charge in [-0.3, -0.25) is 0 Å². The quantitative estimate of drug-likeness (QED) is 0.640. The minimum atomic E-state index is -1.30. The lowest BCUT2D eigenvalue weighted by Crippen LogP contribution is -2.12. The van der Waals surface area contributed by atoms with E-state index in [2.05, 4.69) is 0 Å². The molecule has 1 heterocycles. The molecule has 2 heteroatoms. The first-order valence-electron chi connectivity index (χ1n) is 3.59. The summed E-state index contributed by atoms with van der Waals surface area (Å²) >= 11 is 0. The van der Waals surface area contributed by atoms with E-state index in [1.807, 2.05) is 13.0 Å². The van der Waals surface area contributed by atoms with E-state index in [0.717, 1.165) is 5.76 Å². The van der Waals surface area contributed by atoms with Gasteiger partial charge >= 0.3 is 0 Å². The summed E-state index contributed by atoms with van der Waals surface area (Å²) in [7, 11) is 0. The fraction of sp³-hybridized carbons (Fsp3) is 0.444. The zero-order chi connectivity index (χ0) is 8.48. The van der Waals surface area contributed by atoms with E-state index in [1.165, 1.54) is 20.3 Å². The van der Waals surface area contributed by atoms with Gasteiger partial charge in [-0.25, -0.2) is 4.39 Å². The predicted molar refractivity (Wildman–Crippen MR) is 42.0 cm³/mol. The fourth-order valence-electron chi connectivity index (χ4n) is 0.869. The van der Waals surface area contributed by atoms with Crippen LogP contribution >= 0.6 is 0 Å². The van der Waals surface area contributed by atoms with Crippen LogP contribution in [0.2, 0.25) is 0 Å². The van der Waals surface area contributed by atoms with Gasteiger partial charge < -0.3 is 4.42 Å². The van der Waals surface area contributed by atoms with Crippen LogP contribution in [-0.4, -0.2) is 5.67 Å². The van der Waals surface area contributed by atoms with Crippen molar-refractivity contribution < 1.29 is 8.81 Å². The molecule has 0 aliphatic carbocycles. The maximum Gasteiger partial charge on any atom is 0.116 e. The Bertz CT molecular complexity index is 232. The molecule has 0 N–H and O–H groups in total. The highest BCUT2D eigenvalue weighted by Gasteiger charge is 2.18. The third-order valence-corrected chi connectivity index (χ3v) is 1.25. The van der Waals surface area contributed by atoms with Crippen LogP contribution in [0.1, 0.15) is 25.4 Å². The van der Waals surface area contributed by atoms with Crippen molar-refractivity contribution in [2.24, 2.45) is 0 Å². The average Bonchev–Trinajstić information content (AvgIpc) is 2.10. The summed E-state index contributed by atoms with van der Waals surface area (Å²) < 4.78 is 18.1. The van der Waals surface area contributed by atoms with E-state index in [1.54, 1.807) is 6.07 Å². The van der Waals surface area contributed by atoms with Gasteiger partial charge in [-0.05, 0) is 32.9 Å². The smallest absolute Gasteiger partial charge is 0.116 e. The fourth-order valence-corrected chi connectivity index (χ4v) is 0.869. The Morgan fingerprint density at radius 2 is 2.09 bits per heavy atom. The molecular formula is C9H12FO. The van der Waals surface area contributed by atoms with Crippen LogP contribution < -0.4 is 0 Å². The van der Waals surface area contributed by atoms with Gasteiger partial charge in [0.2, 0.25) is 0 Å². The lowest BCUT2D eigenvalue weighted by atomic mass is 10.1. The van der Waals surface area contributed by atoms with Gasteiger partial charge in [0, 0.05) is 0 Å². The Balaban J connectivity index is 2.65. The van der Waals surface area contributed by atoms with E-state index in [0.29, 0.717) is 5.76 Å². The number of furan rings is 1. The van der Waals surface area contributed by atoms with Crippen LogP contribution in [0.15, 0.2) is 16.5 Å². The van der Waals surface area contributed by atoms with Crippen molar-refractivity contribution in [1.29, 1.82) is 0 Å². The summed E-state index contributed by atoms with van der Waals surface area (Å²) in [4.78, 5) is 0. The van der Waals surface area contributed by atoms with Gasteiger partial charge in [0.15, 0.2) is 0 Å². The molecule has 0 atom stereocenters. The minimum Gasteiger partial charge on any atom is -0.466 e. The van der Waals surface area contributed by atoms with Crippen molar-refractivity contribution in [3.05, 3.63) is 30.1 Å². The van der Waals surface area contributed by atoms with Crippen LogP contribution in [0.25, 0.3) is 0 Å². The largest absolute Gasteiger partial charge is 0.466 e. The van der Waals surface area contributed by atoms with Crippen LogP contribution in [0.3, 0.4) is 0 Å². The summed E-state index contributed by atoms with van der Waals surface area (Å²) in [6, 6.07) is 3.58. The zero-order valence-electron chi connectivity index (χ0n) is 7.02. The minimum absolute atomic E-state index is 0.593. The highest BCUT2D eigenvalue weighted by molar-refractivity contribution is 5.17. The molecule has 0 saturated heterocycles. The number of rotatable bonds is 2. The molecular weight excluding hydrogens is 143 g/mol. The van der Waals surface area contributed by atoms with Crippen molar-refractivity contribution in [1.82, 2.24) is 0 Å². The van der Waals surface area contributed by atoms with E-state index in [-0.39, 0.29) is 0 Å². The van der Waals surface area contributed by atoms with Gasteiger partial charge in [0.25, 0.3) is 0 Å². The van der Waals surface area contributed by atoms with Crippen molar-refractivity contribution in [2.45, 2.75) is 26.4 Å². The van der Waals surface area contributed by atoms with Gasteiger partial charge in [-0.1, -0.05) is 0 Å². The van der Waals surface area contributed by atoms with Crippen LogP contribution in [0, 0.1) is 13.3 Å². The van der Waals surface area contributed by atoms with E-state index >= 15 is 0 Å². The Kier molecular flexibility index (Phi) is 2.03. The van der Waals surface area contributed by atoms with Crippen LogP contribution in [-0.2, 0) is 0 Å². The third kappa shape index (κ3) is 2.74. The first kappa shape index (κ1) is 8.31. The molecule has 0 bridgehead atoms. The van der Waals surface area contributed by atoms with Crippen molar-refractivity contribution in [3.8, 4) is 0 Å². The lowest BCUT2D eigenvalue weighted by Gasteiger charge is -2.10. The molecule has 1 nitrogen and oxygen atoms in total. The molecule has 1 radical (unpaired) electrons. The number of hydrogen-bond acceptors (Lipinski definition) is 1. The maximum atomic E-state index is 13.0. The second-order valence-corrected chi connectivity index (χ2v) is 3.16. The molecule has 0 fully saturated rings. The molecule has 0 aliphatic rings. The summed E-state index contributed by atoms with van der Waals surface area (Å²) in [6.45, 7) is 4.82. The van der Waals surface area contributed by atoms with E-state index in [9.17, 15) is 4.39 Å². The van der Waals surface area contributed by atoms with Gasteiger partial charge in [0.1, 0.15) is 17.2 Å². The highest BCUT2D eigenvalue weighted by Crippen LogP contribution is 2.20. The highest BCUT2D eigenvalue weighted by atomic mass is 19.1. The molecule has 1 aromatic rings. The van der Waals surface area contributed by atoms with Gasteiger partial charge in [0.05, 0.1) is 6.42 Å². The SMILES string of the molecule is Cc1ccc([CH]C(C)(C)F)o1.